The van der Waals surface area contributed by atoms with E-state index >= 15 is 4.39 Å². The molecule has 5 atom stereocenters. The Kier molecular flexibility index (Phi) is 8.29. The number of fused-ring (bicyclic) bond motifs is 3. The molecule has 2 aromatic rings. The third-order valence-electron chi connectivity index (χ3n) is 7.41. The second-order valence-corrected chi connectivity index (χ2v) is 11.8. The molecule has 208 valence electrons. The molecule has 1 aromatic carbocycles. The molecule has 11 heteroatoms. The highest BCUT2D eigenvalue weighted by molar-refractivity contribution is 7.85. The number of aromatic nitrogens is 1. The van der Waals surface area contributed by atoms with Crippen LogP contribution < -0.4 is 0 Å². The van der Waals surface area contributed by atoms with E-state index in [1.165, 1.54) is 25.3 Å². The molecule has 2 heterocycles. The van der Waals surface area contributed by atoms with Crippen molar-refractivity contribution in [1.29, 1.82) is 0 Å². The lowest BCUT2D eigenvalue weighted by Gasteiger charge is -2.46. The van der Waals surface area contributed by atoms with E-state index in [4.69, 9.17) is 13.7 Å². The molecule has 0 fully saturated rings. The SMILES string of the molecule is COC(=O)[C@H](C)CN1[C@H](C)Cc2c([nH]c3ccc(F)cc23)[C@H]1C1C(F)=CC=C(OCCOS(C)(=O)=O)C1C. The van der Waals surface area contributed by atoms with Gasteiger partial charge in [-0.15, -0.1) is 0 Å². The predicted octanol–water partition coefficient (Wildman–Crippen LogP) is 4.40. The zero-order chi connectivity index (χ0) is 27.8. The lowest BCUT2D eigenvalue weighted by atomic mass is 9.76. The summed E-state index contributed by atoms with van der Waals surface area (Å²) in [6.07, 6.45) is 4.46. The molecule has 2 unspecified atom stereocenters. The van der Waals surface area contributed by atoms with E-state index in [1.54, 1.807) is 19.1 Å². The summed E-state index contributed by atoms with van der Waals surface area (Å²) in [5.41, 5.74) is 2.47. The van der Waals surface area contributed by atoms with E-state index in [0.29, 0.717) is 18.7 Å². The van der Waals surface area contributed by atoms with E-state index in [0.717, 1.165) is 28.4 Å². The number of halogens is 2. The number of nitrogens with one attached hydrogen (secondary N) is 1. The number of H-pyrrole nitrogens is 1. The largest absolute Gasteiger partial charge is 0.495 e. The van der Waals surface area contributed by atoms with Crippen LogP contribution in [0.3, 0.4) is 0 Å². The second-order valence-electron chi connectivity index (χ2n) is 10.1. The average Bonchev–Trinajstić information content (AvgIpc) is 3.20. The summed E-state index contributed by atoms with van der Waals surface area (Å²) in [5.74, 6) is -2.13. The Morgan fingerprint density at radius 1 is 1.21 bits per heavy atom. The van der Waals surface area contributed by atoms with Gasteiger partial charge in [0, 0.05) is 41.0 Å². The summed E-state index contributed by atoms with van der Waals surface area (Å²) in [5, 5.41) is 0.760. The normalized spacial score (nSPS) is 24.9. The van der Waals surface area contributed by atoms with Crippen molar-refractivity contribution < 1.29 is 35.6 Å². The molecule has 2 aliphatic rings. The summed E-state index contributed by atoms with van der Waals surface area (Å²) < 4.78 is 68.0. The maximum absolute atomic E-state index is 15.7. The first-order chi connectivity index (χ1) is 17.9. The number of nitrogens with zero attached hydrogens (tertiary/aromatic N) is 1. The minimum absolute atomic E-state index is 0.0213. The van der Waals surface area contributed by atoms with Crippen molar-refractivity contribution in [2.75, 3.05) is 33.1 Å². The number of carbonyl (C=O) groups excluding carboxylic acids is 1. The zero-order valence-electron chi connectivity index (χ0n) is 22.2. The Bertz CT molecular complexity index is 1370. The fraction of sp³-hybridized carbons (Fsp3) is 0.519. The third-order valence-corrected chi connectivity index (χ3v) is 8.01. The van der Waals surface area contributed by atoms with Gasteiger partial charge < -0.3 is 14.5 Å². The van der Waals surface area contributed by atoms with Crippen molar-refractivity contribution in [2.45, 2.75) is 39.3 Å². The lowest BCUT2D eigenvalue weighted by Crippen LogP contribution is -2.49. The molecule has 1 aromatic heterocycles. The van der Waals surface area contributed by atoms with Crippen molar-refractivity contribution in [2.24, 2.45) is 17.8 Å². The number of esters is 1. The second kappa shape index (κ2) is 11.2. The van der Waals surface area contributed by atoms with Gasteiger partial charge in [0.2, 0.25) is 0 Å². The number of benzene rings is 1. The molecular formula is C27H34F2N2O6S. The number of hydrogen-bond acceptors (Lipinski definition) is 7. The highest BCUT2D eigenvalue weighted by atomic mass is 32.2. The first kappa shape index (κ1) is 28.3. The molecule has 1 aliphatic heterocycles. The molecule has 0 saturated heterocycles. The molecule has 1 N–H and O–H groups in total. The molecule has 0 radical (unpaired) electrons. The van der Waals surface area contributed by atoms with Gasteiger partial charge in [-0.25, -0.2) is 8.78 Å². The van der Waals surface area contributed by atoms with E-state index < -0.39 is 33.9 Å². The molecule has 0 bridgehead atoms. The number of methoxy groups -OCH3 is 1. The van der Waals surface area contributed by atoms with Gasteiger partial charge >= 0.3 is 5.97 Å². The van der Waals surface area contributed by atoms with Crippen LogP contribution >= 0.6 is 0 Å². The summed E-state index contributed by atoms with van der Waals surface area (Å²) in [7, 11) is -2.27. The lowest BCUT2D eigenvalue weighted by molar-refractivity contribution is -0.146. The van der Waals surface area contributed by atoms with Crippen LogP contribution in [0.5, 0.6) is 0 Å². The van der Waals surface area contributed by atoms with Gasteiger partial charge in [0.1, 0.15) is 24.9 Å². The number of hydrogen-bond donors (Lipinski definition) is 1. The first-order valence-electron chi connectivity index (χ1n) is 12.6. The maximum atomic E-state index is 15.7. The van der Waals surface area contributed by atoms with Crippen LogP contribution in [0.15, 0.2) is 41.9 Å². The Hall–Kier alpha value is -2.76. The number of rotatable bonds is 9. The van der Waals surface area contributed by atoms with E-state index in [9.17, 15) is 17.6 Å². The minimum atomic E-state index is -3.61. The number of allylic oxidation sites excluding steroid dienone is 3. The van der Waals surface area contributed by atoms with Gasteiger partial charge in [-0.3, -0.25) is 13.9 Å². The van der Waals surface area contributed by atoms with Crippen LogP contribution in [-0.4, -0.2) is 63.4 Å². The van der Waals surface area contributed by atoms with E-state index in [2.05, 4.69) is 9.88 Å². The Labute approximate surface area is 221 Å². The predicted molar refractivity (Wildman–Crippen MR) is 139 cm³/mol. The zero-order valence-corrected chi connectivity index (χ0v) is 23.0. The van der Waals surface area contributed by atoms with Gasteiger partial charge in [0.25, 0.3) is 10.1 Å². The Morgan fingerprint density at radius 2 is 1.95 bits per heavy atom. The number of ether oxygens (including phenoxy) is 2. The van der Waals surface area contributed by atoms with Crippen molar-refractivity contribution in [3.8, 4) is 0 Å². The molecule has 4 rings (SSSR count). The van der Waals surface area contributed by atoms with Crippen LogP contribution in [0.25, 0.3) is 10.9 Å². The van der Waals surface area contributed by atoms with Crippen LogP contribution in [0, 0.1) is 23.6 Å². The summed E-state index contributed by atoms with van der Waals surface area (Å²) >= 11 is 0. The minimum Gasteiger partial charge on any atom is -0.495 e. The smallest absolute Gasteiger partial charge is 0.309 e. The third kappa shape index (κ3) is 5.79. The molecule has 0 saturated carbocycles. The van der Waals surface area contributed by atoms with Crippen molar-refractivity contribution >= 4 is 27.0 Å². The number of aromatic amines is 1. The summed E-state index contributed by atoms with van der Waals surface area (Å²) in [4.78, 5) is 17.9. The number of carbonyl (C=O) groups is 1. The first-order valence-corrected chi connectivity index (χ1v) is 14.4. The van der Waals surface area contributed by atoms with Crippen LogP contribution in [0.4, 0.5) is 8.78 Å². The molecule has 8 nitrogen and oxygen atoms in total. The Balaban J connectivity index is 1.72. The quantitative estimate of drug-likeness (QED) is 0.280. The standard InChI is InChI=1S/C27H34F2N2O6S/c1-15(27(32)35-4)14-31-16(2)12-20-19-13-18(28)6-8-22(19)30-25(20)26(31)24-17(3)23(9-7-21(24)29)36-10-11-37-38(5,33)34/h6-9,13,15-17,24,26,30H,10-12,14H2,1-5H3/t15-,16-,17?,24?,26-/m1/s1. The van der Waals surface area contributed by atoms with Gasteiger partial charge in [0.05, 0.1) is 31.1 Å². The fourth-order valence-corrected chi connectivity index (χ4v) is 6.00. The van der Waals surface area contributed by atoms with Crippen LogP contribution in [-0.2, 0) is 35.0 Å². The van der Waals surface area contributed by atoms with Gasteiger partial charge in [-0.1, -0.05) is 13.8 Å². The average molecular weight is 553 g/mol. The van der Waals surface area contributed by atoms with Gasteiger partial charge in [0.15, 0.2) is 0 Å². The van der Waals surface area contributed by atoms with E-state index in [-0.39, 0.29) is 36.9 Å². The Morgan fingerprint density at radius 3 is 2.63 bits per heavy atom. The fourth-order valence-electron chi connectivity index (χ4n) is 5.63. The monoisotopic (exact) mass is 552 g/mol. The highest BCUT2D eigenvalue weighted by Gasteiger charge is 2.45. The van der Waals surface area contributed by atoms with Crippen molar-refractivity contribution in [3.05, 3.63) is 59.0 Å². The van der Waals surface area contributed by atoms with Crippen molar-refractivity contribution in [3.63, 3.8) is 0 Å². The molecule has 0 amide bonds. The molecular weight excluding hydrogens is 518 g/mol. The van der Waals surface area contributed by atoms with Gasteiger partial charge in [-0.05, 0) is 49.3 Å². The maximum Gasteiger partial charge on any atom is 0.309 e. The highest BCUT2D eigenvalue weighted by Crippen LogP contribution is 2.49. The van der Waals surface area contributed by atoms with Gasteiger partial charge in [-0.2, -0.15) is 8.42 Å². The molecule has 0 spiro atoms. The van der Waals surface area contributed by atoms with Crippen LogP contribution in [0.2, 0.25) is 0 Å². The van der Waals surface area contributed by atoms with Crippen molar-refractivity contribution in [1.82, 2.24) is 9.88 Å². The van der Waals surface area contributed by atoms with Crippen LogP contribution in [0.1, 0.15) is 38.1 Å². The molecule has 38 heavy (non-hydrogen) atoms. The van der Waals surface area contributed by atoms with E-state index in [1.807, 2.05) is 13.8 Å². The topological polar surface area (TPSA) is 97.9 Å². The molecule has 1 aliphatic carbocycles. The summed E-state index contributed by atoms with van der Waals surface area (Å²) in [6.45, 7) is 5.79. The summed E-state index contributed by atoms with van der Waals surface area (Å²) in [6, 6.07) is 3.96.